The van der Waals surface area contributed by atoms with Crippen LogP contribution in [-0.2, 0) is 10.2 Å². The number of likely N-dealkylation sites (N-methyl/N-ethyl adjacent to an activating group) is 1. The maximum Gasteiger partial charge on any atom is 0.236 e. The van der Waals surface area contributed by atoms with E-state index < -0.39 is 11.3 Å². The minimum Gasteiger partial charge on any atom is -0.506 e. The van der Waals surface area contributed by atoms with Crippen LogP contribution in [-0.4, -0.2) is 28.8 Å². The predicted octanol–water partition coefficient (Wildman–Crippen LogP) is 6.40. The number of hydrogen-bond donors (Lipinski definition) is 2. The summed E-state index contributed by atoms with van der Waals surface area (Å²) in [4.78, 5) is 16.0. The zero-order valence-corrected chi connectivity index (χ0v) is 19.1. The minimum atomic E-state index is -0.588. The molecule has 0 bridgehead atoms. The fraction of sp³-hybridized carbons (Fsp3) is 0.200. The Kier molecular flexibility index (Phi) is 4.87. The number of phenolic OH excluding ortho intramolecular Hbond substituents is 1. The first kappa shape index (κ1) is 20.8. The van der Waals surface area contributed by atoms with Gasteiger partial charge in [0.2, 0.25) is 5.91 Å². The molecule has 4 aromatic rings. The summed E-state index contributed by atoms with van der Waals surface area (Å²) in [6.45, 7) is 2.06. The number of piperidine rings is 1. The number of amides is 1. The normalized spacial score (nSPS) is 21.5. The largest absolute Gasteiger partial charge is 0.506 e. The summed E-state index contributed by atoms with van der Waals surface area (Å²) in [5.41, 5.74) is 2.89. The van der Waals surface area contributed by atoms with Gasteiger partial charge in [-0.15, -0.1) is 11.3 Å². The lowest BCUT2D eigenvalue weighted by molar-refractivity contribution is -0.131. The van der Waals surface area contributed by atoms with Gasteiger partial charge in [-0.25, -0.2) is 0 Å². The number of nitrogens with zero attached hydrogens (tertiary/aromatic N) is 1. The molecule has 1 amide bonds. The number of furan rings is 1. The number of rotatable bonds is 3. The second-order valence-electron chi connectivity index (χ2n) is 8.45. The molecule has 3 heterocycles. The van der Waals surface area contributed by atoms with E-state index >= 15 is 0 Å². The zero-order chi connectivity index (χ0) is 22.6. The topological polar surface area (TPSA) is 77.5 Å². The van der Waals surface area contributed by atoms with Crippen molar-refractivity contribution in [3.05, 3.63) is 75.6 Å². The van der Waals surface area contributed by atoms with Crippen LogP contribution >= 0.6 is 22.9 Å². The Morgan fingerprint density at radius 3 is 2.78 bits per heavy atom. The Hall–Kier alpha value is -3.09. The third-order valence-electron chi connectivity index (χ3n) is 6.41. The molecule has 7 heteroatoms. The van der Waals surface area contributed by atoms with Gasteiger partial charge < -0.3 is 14.4 Å². The quantitative estimate of drug-likeness (QED) is 0.368. The fourth-order valence-corrected chi connectivity index (χ4v) is 5.78. The third-order valence-corrected chi connectivity index (χ3v) is 7.94. The van der Waals surface area contributed by atoms with Crippen LogP contribution in [0.15, 0.2) is 64.6 Å². The summed E-state index contributed by atoms with van der Waals surface area (Å²) in [5.74, 6) is -0.195. The number of phenols is 1. The maximum absolute atomic E-state index is 13.5. The second-order valence-corrected chi connectivity index (χ2v) is 9.77. The Morgan fingerprint density at radius 2 is 2.00 bits per heavy atom. The summed E-state index contributed by atoms with van der Waals surface area (Å²) in [7, 11) is 1.67. The number of halogens is 1. The molecule has 1 unspecified atom stereocenters. The van der Waals surface area contributed by atoms with Gasteiger partial charge in [-0.1, -0.05) is 30.7 Å². The van der Waals surface area contributed by atoms with Gasteiger partial charge in [0, 0.05) is 29.1 Å². The highest BCUT2D eigenvalue weighted by molar-refractivity contribution is 7.10. The molecule has 5 rings (SSSR count). The number of fused-ring (bicyclic) bond motifs is 1. The Balaban J connectivity index is 1.62. The summed E-state index contributed by atoms with van der Waals surface area (Å²) in [5, 5.41) is 21.7. The van der Waals surface area contributed by atoms with Gasteiger partial charge >= 0.3 is 0 Å². The van der Waals surface area contributed by atoms with Crippen molar-refractivity contribution in [1.82, 2.24) is 4.90 Å². The highest BCUT2D eigenvalue weighted by atomic mass is 35.5. The third kappa shape index (κ3) is 3.22. The van der Waals surface area contributed by atoms with Gasteiger partial charge in [-0.2, -0.15) is 0 Å². The zero-order valence-electron chi connectivity index (χ0n) is 17.6. The summed E-state index contributed by atoms with van der Waals surface area (Å²) in [6.07, 6.45) is 2.08. The fourth-order valence-electron chi connectivity index (χ4n) is 4.55. The van der Waals surface area contributed by atoms with Crippen molar-refractivity contribution in [2.45, 2.75) is 24.7 Å². The number of amidine groups is 1. The van der Waals surface area contributed by atoms with E-state index in [1.165, 1.54) is 4.90 Å². The smallest absolute Gasteiger partial charge is 0.236 e. The number of benzene rings is 2. The molecule has 1 saturated heterocycles. The number of carbonyl (C=O) groups is 1. The lowest BCUT2D eigenvalue weighted by Crippen LogP contribution is -2.51. The number of likely N-dealkylation sites (tertiary alicyclic amines) is 1. The van der Waals surface area contributed by atoms with Crippen LogP contribution in [0, 0.1) is 5.41 Å². The Bertz CT molecular complexity index is 1370. The van der Waals surface area contributed by atoms with Gasteiger partial charge in [-0.3, -0.25) is 10.2 Å². The first-order valence-electron chi connectivity index (χ1n) is 10.2. The molecule has 5 nitrogen and oxygen atoms in total. The number of nitrogens with one attached hydrogen (secondary N) is 1. The molecule has 32 heavy (non-hydrogen) atoms. The van der Waals surface area contributed by atoms with E-state index in [0.717, 1.165) is 32.5 Å². The lowest BCUT2D eigenvalue weighted by atomic mass is 9.67. The molecular formula is C25H21ClN2O3S. The maximum atomic E-state index is 13.5. The van der Waals surface area contributed by atoms with Crippen molar-refractivity contribution in [1.29, 1.82) is 5.41 Å². The van der Waals surface area contributed by atoms with E-state index in [4.69, 9.17) is 21.4 Å². The van der Waals surface area contributed by atoms with Gasteiger partial charge in [0.25, 0.3) is 0 Å². The SMILES string of the molecule is CN1C(=N)C[C@](C)(c2cc(-c3ccc(Cl)c(O)c3)cs2)C(c2ccc3occc3c2)C1=O. The van der Waals surface area contributed by atoms with E-state index in [-0.39, 0.29) is 11.7 Å². The molecule has 0 radical (unpaired) electrons. The van der Waals surface area contributed by atoms with E-state index in [9.17, 15) is 9.90 Å². The number of carbonyl (C=O) groups excluding carboxylic acids is 1. The van der Waals surface area contributed by atoms with E-state index in [1.54, 1.807) is 36.8 Å². The van der Waals surface area contributed by atoms with Crippen molar-refractivity contribution in [3.8, 4) is 16.9 Å². The molecule has 0 aliphatic carbocycles. The van der Waals surface area contributed by atoms with Gasteiger partial charge in [-0.05, 0) is 58.5 Å². The van der Waals surface area contributed by atoms with E-state index in [0.29, 0.717) is 17.3 Å². The molecule has 0 saturated carbocycles. The number of hydrogen-bond acceptors (Lipinski definition) is 5. The molecule has 1 aliphatic heterocycles. The van der Waals surface area contributed by atoms with E-state index in [1.807, 2.05) is 35.7 Å². The molecule has 2 atom stereocenters. The van der Waals surface area contributed by atoms with Crippen molar-refractivity contribution in [3.63, 3.8) is 0 Å². The van der Waals surface area contributed by atoms with Crippen LogP contribution in [0.25, 0.3) is 22.1 Å². The molecule has 1 fully saturated rings. The first-order chi connectivity index (χ1) is 15.3. The highest BCUT2D eigenvalue weighted by Crippen LogP contribution is 2.49. The average Bonchev–Trinajstić information content (AvgIpc) is 3.44. The standard InChI is InChI=1S/C25H21ClN2O3S/c1-25(21-11-17(13-32-21)14-3-5-18(26)19(29)10-14)12-22(27)28(2)24(30)23(25)16-4-6-20-15(9-16)7-8-31-20/h3-11,13,23,27,29H,12H2,1-2H3/t23?,25-/m1/s1. The molecular weight excluding hydrogens is 444 g/mol. The first-order valence-corrected chi connectivity index (χ1v) is 11.4. The molecule has 2 aromatic heterocycles. The van der Waals surface area contributed by atoms with Gasteiger partial charge in [0.1, 0.15) is 17.2 Å². The minimum absolute atomic E-state index is 0.0330. The molecule has 1 aliphatic rings. The van der Waals surface area contributed by atoms with E-state index in [2.05, 4.69) is 13.0 Å². The summed E-state index contributed by atoms with van der Waals surface area (Å²) >= 11 is 7.53. The van der Waals surface area contributed by atoms with Gasteiger partial charge in [0.05, 0.1) is 17.2 Å². The van der Waals surface area contributed by atoms with Gasteiger partial charge in [0.15, 0.2) is 0 Å². The monoisotopic (exact) mass is 464 g/mol. The average molecular weight is 465 g/mol. The molecule has 2 aromatic carbocycles. The lowest BCUT2D eigenvalue weighted by Gasteiger charge is -2.44. The Morgan fingerprint density at radius 1 is 1.19 bits per heavy atom. The Labute approximate surface area is 194 Å². The molecule has 2 N–H and O–H groups in total. The van der Waals surface area contributed by atoms with Crippen LogP contribution in [0.2, 0.25) is 5.02 Å². The predicted molar refractivity (Wildman–Crippen MR) is 128 cm³/mol. The van der Waals surface area contributed by atoms with Crippen LogP contribution in [0.3, 0.4) is 0 Å². The summed E-state index contributed by atoms with van der Waals surface area (Å²) in [6, 6.07) is 15.0. The highest BCUT2D eigenvalue weighted by Gasteiger charge is 2.49. The molecule has 0 spiro atoms. The van der Waals surface area contributed by atoms with Crippen molar-refractivity contribution in [2.75, 3.05) is 7.05 Å². The van der Waals surface area contributed by atoms with Crippen molar-refractivity contribution >= 4 is 45.6 Å². The number of aromatic hydroxyl groups is 1. The second kappa shape index (κ2) is 7.50. The van der Waals surface area contributed by atoms with Crippen LogP contribution in [0.4, 0.5) is 0 Å². The van der Waals surface area contributed by atoms with Crippen LogP contribution in [0.1, 0.15) is 29.7 Å². The molecule has 162 valence electrons. The van der Waals surface area contributed by atoms with Crippen molar-refractivity contribution in [2.24, 2.45) is 0 Å². The summed E-state index contributed by atoms with van der Waals surface area (Å²) < 4.78 is 5.47. The van der Waals surface area contributed by atoms with Crippen molar-refractivity contribution < 1.29 is 14.3 Å². The van der Waals surface area contributed by atoms with Crippen LogP contribution < -0.4 is 0 Å². The number of thiophene rings is 1. The van der Waals surface area contributed by atoms with Crippen LogP contribution in [0.5, 0.6) is 5.75 Å².